The summed E-state index contributed by atoms with van der Waals surface area (Å²) in [7, 11) is 1.66. The Balaban J connectivity index is 2.53. The number of nitrogens with zero attached hydrogens (tertiary/aromatic N) is 2. The molecule has 0 aliphatic heterocycles. The number of hydrogen-bond donors (Lipinski definition) is 1. The van der Waals surface area contributed by atoms with Crippen molar-refractivity contribution >= 4 is 5.82 Å². The van der Waals surface area contributed by atoms with Crippen LogP contribution in [0.25, 0.3) is 11.3 Å². The lowest BCUT2D eigenvalue weighted by atomic mass is 10.1. The average Bonchev–Trinajstić information content (AvgIpc) is 2.77. The monoisotopic (exact) mass is 273 g/mol. The number of anilines is 1. The summed E-state index contributed by atoms with van der Waals surface area (Å²) in [5, 5.41) is 0. The molecule has 0 radical (unpaired) electrons. The van der Waals surface area contributed by atoms with Crippen molar-refractivity contribution in [2.24, 2.45) is 0 Å². The molecule has 1 aromatic carbocycles. The Morgan fingerprint density at radius 3 is 2.70 bits per heavy atom. The standard InChI is InChI=1S/C16H23N3O/c1-5-9-19-15(17)14(18-16(19)11(2)3)12-7-6-8-13(10-12)20-4/h6-8,10-11H,5,9,17H2,1-4H3. The first kappa shape index (κ1) is 14.4. The highest BCUT2D eigenvalue weighted by atomic mass is 16.5. The molecule has 2 aromatic rings. The number of aromatic nitrogens is 2. The smallest absolute Gasteiger partial charge is 0.131 e. The minimum absolute atomic E-state index is 0.350. The van der Waals surface area contributed by atoms with E-state index in [0.29, 0.717) is 5.92 Å². The normalized spacial score (nSPS) is 11.1. The van der Waals surface area contributed by atoms with Gasteiger partial charge in [-0.1, -0.05) is 32.9 Å². The van der Waals surface area contributed by atoms with E-state index in [1.54, 1.807) is 7.11 Å². The van der Waals surface area contributed by atoms with Crippen LogP contribution >= 0.6 is 0 Å². The fourth-order valence-corrected chi connectivity index (χ4v) is 2.37. The molecule has 0 unspecified atom stereocenters. The molecule has 2 N–H and O–H groups in total. The number of nitrogen functional groups attached to an aromatic ring is 1. The Morgan fingerprint density at radius 1 is 1.35 bits per heavy atom. The number of methoxy groups -OCH3 is 1. The highest BCUT2D eigenvalue weighted by Gasteiger charge is 2.18. The lowest BCUT2D eigenvalue weighted by molar-refractivity contribution is 0.415. The van der Waals surface area contributed by atoms with Crippen molar-refractivity contribution in [3.05, 3.63) is 30.1 Å². The summed E-state index contributed by atoms with van der Waals surface area (Å²) in [5.74, 6) is 2.95. The minimum Gasteiger partial charge on any atom is -0.497 e. The highest BCUT2D eigenvalue weighted by molar-refractivity contribution is 5.72. The maximum atomic E-state index is 6.31. The summed E-state index contributed by atoms with van der Waals surface area (Å²) < 4.78 is 7.40. The first-order valence-electron chi connectivity index (χ1n) is 7.08. The Morgan fingerprint density at radius 2 is 2.10 bits per heavy atom. The van der Waals surface area contributed by atoms with Gasteiger partial charge < -0.3 is 15.0 Å². The molecule has 20 heavy (non-hydrogen) atoms. The summed E-state index contributed by atoms with van der Waals surface area (Å²) in [6, 6.07) is 7.87. The van der Waals surface area contributed by atoms with Gasteiger partial charge in [0.1, 0.15) is 23.1 Å². The molecule has 0 aliphatic rings. The molecule has 108 valence electrons. The summed E-state index contributed by atoms with van der Waals surface area (Å²) >= 11 is 0. The SMILES string of the molecule is CCCn1c(C(C)C)nc(-c2cccc(OC)c2)c1N. The minimum atomic E-state index is 0.350. The zero-order valence-corrected chi connectivity index (χ0v) is 12.7. The molecular formula is C16H23N3O. The van der Waals surface area contributed by atoms with Crippen molar-refractivity contribution in [3.8, 4) is 17.0 Å². The van der Waals surface area contributed by atoms with Crippen LogP contribution in [0.1, 0.15) is 38.9 Å². The summed E-state index contributed by atoms with van der Waals surface area (Å²) in [4.78, 5) is 4.76. The Bertz CT molecular complexity index is 587. The van der Waals surface area contributed by atoms with Crippen molar-refractivity contribution in [2.45, 2.75) is 39.7 Å². The molecule has 0 aliphatic carbocycles. The van der Waals surface area contributed by atoms with Gasteiger partial charge in [-0.25, -0.2) is 4.98 Å². The van der Waals surface area contributed by atoms with E-state index in [-0.39, 0.29) is 0 Å². The van der Waals surface area contributed by atoms with Crippen LogP contribution in [-0.4, -0.2) is 16.7 Å². The van der Waals surface area contributed by atoms with Gasteiger partial charge in [0.2, 0.25) is 0 Å². The molecule has 0 amide bonds. The second-order valence-corrected chi connectivity index (χ2v) is 5.24. The third-order valence-corrected chi connectivity index (χ3v) is 3.34. The maximum Gasteiger partial charge on any atom is 0.131 e. The zero-order valence-electron chi connectivity index (χ0n) is 12.7. The zero-order chi connectivity index (χ0) is 14.7. The Hall–Kier alpha value is -1.97. The van der Waals surface area contributed by atoms with Gasteiger partial charge in [0.05, 0.1) is 7.11 Å². The predicted molar refractivity (Wildman–Crippen MR) is 83.0 cm³/mol. The molecular weight excluding hydrogens is 250 g/mol. The van der Waals surface area contributed by atoms with Crippen molar-refractivity contribution in [1.82, 2.24) is 9.55 Å². The topological polar surface area (TPSA) is 53.1 Å². The van der Waals surface area contributed by atoms with Crippen LogP contribution in [-0.2, 0) is 6.54 Å². The van der Waals surface area contributed by atoms with Crippen molar-refractivity contribution < 1.29 is 4.74 Å². The fraction of sp³-hybridized carbons (Fsp3) is 0.438. The van der Waals surface area contributed by atoms with E-state index < -0.39 is 0 Å². The van der Waals surface area contributed by atoms with Gasteiger partial charge in [0, 0.05) is 18.0 Å². The van der Waals surface area contributed by atoms with Gasteiger partial charge in [0.15, 0.2) is 0 Å². The van der Waals surface area contributed by atoms with Crippen molar-refractivity contribution in [2.75, 3.05) is 12.8 Å². The molecule has 2 rings (SSSR count). The van der Waals surface area contributed by atoms with Gasteiger partial charge in [-0.15, -0.1) is 0 Å². The predicted octanol–water partition coefficient (Wildman–Crippen LogP) is 3.67. The van der Waals surface area contributed by atoms with Crippen molar-refractivity contribution in [1.29, 1.82) is 0 Å². The first-order valence-corrected chi connectivity index (χ1v) is 7.08. The summed E-state index contributed by atoms with van der Waals surface area (Å²) in [5.41, 5.74) is 8.16. The lowest BCUT2D eigenvalue weighted by Crippen LogP contribution is -2.08. The van der Waals surface area contributed by atoms with Gasteiger partial charge in [-0.05, 0) is 18.6 Å². The van der Waals surface area contributed by atoms with E-state index in [4.69, 9.17) is 15.5 Å². The number of nitrogens with two attached hydrogens (primary N) is 1. The van der Waals surface area contributed by atoms with E-state index >= 15 is 0 Å². The second-order valence-electron chi connectivity index (χ2n) is 5.24. The molecule has 0 spiro atoms. The summed E-state index contributed by atoms with van der Waals surface area (Å²) in [6.07, 6.45) is 1.04. The van der Waals surface area contributed by atoms with Crippen LogP contribution in [0, 0.1) is 0 Å². The Kier molecular flexibility index (Phi) is 4.32. The fourth-order valence-electron chi connectivity index (χ4n) is 2.37. The molecule has 0 fully saturated rings. The lowest BCUT2D eigenvalue weighted by Gasteiger charge is -2.10. The average molecular weight is 273 g/mol. The van der Waals surface area contributed by atoms with Crippen LogP contribution in [0.2, 0.25) is 0 Å². The molecule has 1 aromatic heterocycles. The number of rotatable bonds is 5. The molecule has 4 nitrogen and oxygen atoms in total. The molecule has 0 saturated heterocycles. The van der Waals surface area contributed by atoms with Crippen LogP contribution in [0.4, 0.5) is 5.82 Å². The highest BCUT2D eigenvalue weighted by Crippen LogP contribution is 2.31. The molecule has 0 saturated carbocycles. The third kappa shape index (κ3) is 2.64. The van der Waals surface area contributed by atoms with E-state index in [2.05, 4.69) is 25.3 Å². The van der Waals surface area contributed by atoms with Gasteiger partial charge >= 0.3 is 0 Å². The number of benzene rings is 1. The number of imidazole rings is 1. The maximum absolute atomic E-state index is 6.31. The Labute approximate surface area is 120 Å². The van der Waals surface area contributed by atoms with Crippen LogP contribution in [0.3, 0.4) is 0 Å². The molecule has 0 atom stereocenters. The van der Waals surface area contributed by atoms with E-state index in [1.165, 1.54) is 0 Å². The number of ether oxygens (including phenoxy) is 1. The van der Waals surface area contributed by atoms with E-state index in [0.717, 1.165) is 41.6 Å². The van der Waals surface area contributed by atoms with Crippen LogP contribution in [0.5, 0.6) is 5.75 Å². The second kappa shape index (κ2) is 5.99. The van der Waals surface area contributed by atoms with E-state index in [1.807, 2.05) is 24.3 Å². The van der Waals surface area contributed by atoms with Gasteiger partial charge in [-0.2, -0.15) is 0 Å². The van der Waals surface area contributed by atoms with Crippen molar-refractivity contribution in [3.63, 3.8) is 0 Å². The van der Waals surface area contributed by atoms with Crippen LogP contribution < -0.4 is 10.5 Å². The number of hydrogen-bond acceptors (Lipinski definition) is 3. The molecule has 4 heteroatoms. The van der Waals surface area contributed by atoms with E-state index in [9.17, 15) is 0 Å². The molecule has 1 heterocycles. The van der Waals surface area contributed by atoms with Gasteiger partial charge in [-0.3, -0.25) is 0 Å². The molecule has 0 bridgehead atoms. The largest absolute Gasteiger partial charge is 0.497 e. The van der Waals surface area contributed by atoms with Crippen LogP contribution in [0.15, 0.2) is 24.3 Å². The quantitative estimate of drug-likeness (QED) is 0.904. The first-order chi connectivity index (χ1) is 9.58. The van der Waals surface area contributed by atoms with Gasteiger partial charge in [0.25, 0.3) is 0 Å². The third-order valence-electron chi connectivity index (χ3n) is 3.34. The summed E-state index contributed by atoms with van der Waals surface area (Å²) in [6.45, 7) is 7.33.